The fourth-order valence-corrected chi connectivity index (χ4v) is 3.75. The van der Waals surface area contributed by atoms with E-state index in [1.807, 2.05) is 59.5 Å². The zero-order chi connectivity index (χ0) is 18.1. The average molecular weight is 370 g/mol. The van der Waals surface area contributed by atoms with E-state index in [0.29, 0.717) is 13.1 Å². The maximum Gasteiger partial charge on any atom is 0.327 e. The molecular formula is C20H20ClN3O2. The standard InChI is InChI=1S/C20H20ClN3O2/c21-15-5-7-16(8-6-15)23-9-11-24(12-10-23)19(20(25)26)18-13-14-3-1-2-4-17(14)22-18/h1-8,13,19,22H,9-12H2,(H,25,26)/t19-/m1/s1. The van der Waals surface area contributed by atoms with Gasteiger partial charge in [-0.1, -0.05) is 29.8 Å². The van der Waals surface area contributed by atoms with Crippen LogP contribution < -0.4 is 4.90 Å². The first kappa shape index (κ1) is 16.9. The summed E-state index contributed by atoms with van der Waals surface area (Å²) in [7, 11) is 0. The minimum Gasteiger partial charge on any atom is -0.480 e. The van der Waals surface area contributed by atoms with E-state index in [0.717, 1.165) is 40.4 Å². The van der Waals surface area contributed by atoms with E-state index in [2.05, 4.69) is 9.88 Å². The smallest absolute Gasteiger partial charge is 0.327 e. The van der Waals surface area contributed by atoms with Gasteiger partial charge in [0.15, 0.2) is 0 Å². The number of para-hydroxylation sites is 1. The number of piperazine rings is 1. The van der Waals surface area contributed by atoms with Crippen LogP contribution in [0.25, 0.3) is 10.9 Å². The highest BCUT2D eigenvalue weighted by molar-refractivity contribution is 6.30. The van der Waals surface area contributed by atoms with Gasteiger partial charge in [-0.3, -0.25) is 9.69 Å². The number of nitrogens with one attached hydrogen (secondary N) is 1. The Morgan fingerprint density at radius 1 is 1.04 bits per heavy atom. The maximum atomic E-state index is 12.0. The van der Waals surface area contributed by atoms with Crippen molar-refractivity contribution >= 4 is 34.2 Å². The van der Waals surface area contributed by atoms with Crippen molar-refractivity contribution in [2.45, 2.75) is 6.04 Å². The predicted octanol–water partition coefficient (Wildman–Crippen LogP) is 3.77. The molecular weight excluding hydrogens is 350 g/mol. The third-order valence-electron chi connectivity index (χ3n) is 4.95. The summed E-state index contributed by atoms with van der Waals surface area (Å²) < 4.78 is 0. The molecule has 0 spiro atoms. The van der Waals surface area contributed by atoms with Gasteiger partial charge in [0, 0.05) is 48.1 Å². The molecule has 0 unspecified atom stereocenters. The molecule has 1 aliphatic rings. The summed E-state index contributed by atoms with van der Waals surface area (Å²) >= 11 is 5.96. The largest absolute Gasteiger partial charge is 0.480 e. The molecule has 1 atom stereocenters. The highest BCUT2D eigenvalue weighted by Gasteiger charge is 2.31. The van der Waals surface area contributed by atoms with Crippen molar-refractivity contribution in [3.05, 3.63) is 65.3 Å². The Labute approximate surface area is 156 Å². The molecule has 1 fully saturated rings. The second kappa shape index (κ2) is 7.02. The van der Waals surface area contributed by atoms with Crippen molar-refractivity contribution in [3.63, 3.8) is 0 Å². The number of H-pyrrole nitrogens is 1. The summed E-state index contributed by atoms with van der Waals surface area (Å²) in [4.78, 5) is 19.5. The van der Waals surface area contributed by atoms with Crippen LogP contribution in [-0.4, -0.2) is 47.1 Å². The van der Waals surface area contributed by atoms with Crippen molar-refractivity contribution in [2.24, 2.45) is 0 Å². The Balaban J connectivity index is 1.52. The lowest BCUT2D eigenvalue weighted by molar-refractivity contribution is -0.143. The number of fused-ring (bicyclic) bond motifs is 1. The maximum absolute atomic E-state index is 12.0. The summed E-state index contributed by atoms with van der Waals surface area (Å²) in [6.45, 7) is 2.95. The van der Waals surface area contributed by atoms with E-state index < -0.39 is 12.0 Å². The summed E-state index contributed by atoms with van der Waals surface area (Å²) in [5.74, 6) is -0.823. The van der Waals surface area contributed by atoms with Crippen LogP contribution in [0.15, 0.2) is 54.6 Å². The number of aliphatic carboxylic acids is 1. The first-order valence-corrected chi connectivity index (χ1v) is 9.04. The number of anilines is 1. The van der Waals surface area contributed by atoms with Crippen LogP contribution in [0, 0.1) is 0 Å². The zero-order valence-electron chi connectivity index (χ0n) is 14.2. The Morgan fingerprint density at radius 3 is 2.38 bits per heavy atom. The fourth-order valence-electron chi connectivity index (χ4n) is 3.62. The molecule has 4 rings (SSSR count). The molecule has 134 valence electrons. The number of halogens is 1. The molecule has 0 radical (unpaired) electrons. The molecule has 2 aromatic carbocycles. The van der Waals surface area contributed by atoms with Crippen LogP contribution in [-0.2, 0) is 4.79 Å². The molecule has 3 aromatic rings. The molecule has 0 amide bonds. The van der Waals surface area contributed by atoms with Crippen molar-refractivity contribution < 1.29 is 9.90 Å². The van der Waals surface area contributed by atoms with Crippen LogP contribution in [0.3, 0.4) is 0 Å². The Bertz CT molecular complexity index is 881. The highest BCUT2D eigenvalue weighted by Crippen LogP contribution is 2.27. The van der Waals surface area contributed by atoms with E-state index in [9.17, 15) is 9.90 Å². The topological polar surface area (TPSA) is 59.6 Å². The van der Waals surface area contributed by atoms with Gasteiger partial charge >= 0.3 is 5.97 Å². The molecule has 2 N–H and O–H groups in total. The first-order chi connectivity index (χ1) is 12.6. The number of carboxylic acids is 1. The Morgan fingerprint density at radius 2 is 1.73 bits per heavy atom. The van der Waals surface area contributed by atoms with E-state index in [4.69, 9.17) is 11.6 Å². The average Bonchev–Trinajstić information content (AvgIpc) is 3.06. The molecule has 0 aliphatic carbocycles. The number of hydrogen-bond acceptors (Lipinski definition) is 3. The first-order valence-electron chi connectivity index (χ1n) is 8.67. The third-order valence-corrected chi connectivity index (χ3v) is 5.20. The summed E-state index contributed by atoms with van der Waals surface area (Å²) in [6, 6.07) is 16.9. The zero-order valence-corrected chi connectivity index (χ0v) is 15.0. The lowest BCUT2D eigenvalue weighted by atomic mass is 10.1. The van der Waals surface area contributed by atoms with E-state index >= 15 is 0 Å². The number of hydrogen-bond donors (Lipinski definition) is 2. The number of aromatic amines is 1. The van der Waals surface area contributed by atoms with Crippen molar-refractivity contribution in [1.29, 1.82) is 0 Å². The van der Waals surface area contributed by atoms with Gasteiger partial charge in [0.1, 0.15) is 6.04 Å². The van der Waals surface area contributed by atoms with Crippen LogP contribution in [0.5, 0.6) is 0 Å². The van der Waals surface area contributed by atoms with Crippen LogP contribution >= 0.6 is 11.6 Å². The highest BCUT2D eigenvalue weighted by atomic mass is 35.5. The van der Waals surface area contributed by atoms with Gasteiger partial charge in [0.25, 0.3) is 0 Å². The second-order valence-electron chi connectivity index (χ2n) is 6.55. The molecule has 1 aliphatic heterocycles. The normalized spacial score (nSPS) is 16.7. The van der Waals surface area contributed by atoms with E-state index in [1.54, 1.807) is 0 Å². The predicted molar refractivity (Wildman–Crippen MR) is 104 cm³/mol. The van der Waals surface area contributed by atoms with Gasteiger partial charge in [0.05, 0.1) is 0 Å². The number of carbonyl (C=O) groups is 1. The number of nitrogens with zero attached hydrogens (tertiary/aromatic N) is 2. The molecule has 5 nitrogen and oxygen atoms in total. The van der Waals surface area contributed by atoms with E-state index in [1.165, 1.54) is 0 Å². The SMILES string of the molecule is O=C(O)[C@@H](c1cc2ccccc2[nH]1)N1CCN(c2ccc(Cl)cc2)CC1. The van der Waals surface area contributed by atoms with Crippen LogP contribution in [0.1, 0.15) is 11.7 Å². The number of benzene rings is 2. The minimum atomic E-state index is -0.823. The van der Waals surface area contributed by atoms with Crippen molar-refractivity contribution in [3.8, 4) is 0 Å². The Hall–Kier alpha value is -2.50. The monoisotopic (exact) mass is 369 g/mol. The number of carboxylic acid groups (broad SMARTS) is 1. The van der Waals surface area contributed by atoms with Gasteiger partial charge in [-0.05, 0) is 41.8 Å². The summed E-state index contributed by atoms with van der Waals surface area (Å²) in [6.07, 6.45) is 0. The molecule has 26 heavy (non-hydrogen) atoms. The van der Waals surface area contributed by atoms with Crippen LogP contribution in [0.2, 0.25) is 5.02 Å². The van der Waals surface area contributed by atoms with E-state index in [-0.39, 0.29) is 0 Å². The Kier molecular flexibility index (Phi) is 4.57. The van der Waals surface area contributed by atoms with Crippen LogP contribution in [0.4, 0.5) is 5.69 Å². The molecule has 0 saturated carbocycles. The van der Waals surface area contributed by atoms with Gasteiger partial charge in [0.2, 0.25) is 0 Å². The van der Waals surface area contributed by atoms with Crippen molar-refractivity contribution in [2.75, 3.05) is 31.1 Å². The fraction of sp³-hybridized carbons (Fsp3) is 0.250. The van der Waals surface area contributed by atoms with Gasteiger partial charge in [-0.15, -0.1) is 0 Å². The summed E-state index contributed by atoms with van der Waals surface area (Å²) in [5.41, 5.74) is 2.82. The van der Waals surface area contributed by atoms with Gasteiger partial charge in [-0.25, -0.2) is 0 Å². The number of rotatable bonds is 4. The molecule has 2 heterocycles. The molecule has 0 bridgehead atoms. The lowest BCUT2D eigenvalue weighted by Gasteiger charge is -2.38. The molecule has 1 saturated heterocycles. The van der Waals surface area contributed by atoms with Gasteiger partial charge < -0.3 is 15.0 Å². The number of aromatic nitrogens is 1. The van der Waals surface area contributed by atoms with Crippen molar-refractivity contribution in [1.82, 2.24) is 9.88 Å². The molecule has 6 heteroatoms. The van der Waals surface area contributed by atoms with Gasteiger partial charge in [-0.2, -0.15) is 0 Å². The third kappa shape index (κ3) is 3.28. The lowest BCUT2D eigenvalue weighted by Crippen LogP contribution is -2.49. The molecule has 1 aromatic heterocycles. The second-order valence-corrected chi connectivity index (χ2v) is 6.99. The summed E-state index contributed by atoms with van der Waals surface area (Å²) in [5, 5.41) is 11.6. The minimum absolute atomic E-state index is 0.658. The quantitative estimate of drug-likeness (QED) is 0.735.